The van der Waals surface area contributed by atoms with E-state index in [1.807, 2.05) is 54.6 Å². The van der Waals surface area contributed by atoms with E-state index in [0.717, 1.165) is 23.1 Å². The van der Waals surface area contributed by atoms with Crippen LogP contribution in [0.3, 0.4) is 0 Å². The minimum Gasteiger partial charge on any atom is -0.480 e. The molecule has 0 fully saturated rings. The van der Waals surface area contributed by atoms with Crippen LogP contribution in [0.4, 0.5) is 0 Å². The van der Waals surface area contributed by atoms with Crippen molar-refractivity contribution < 1.29 is 14.7 Å². The quantitative estimate of drug-likeness (QED) is 0.237. The Bertz CT molecular complexity index is 849. The maximum Gasteiger partial charge on any atom is 0.326 e. The molecule has 5 heteroatoms. The monoisotopic (exact) mass is 416 g/mol. The zero-order valence-corrected chi connectivity index (χ0v) is 17.4. The predicted octanol–water partition coefficient (Wildman–Crippen LogP) is 3.94. The maximum absolute atomic E-state index is 11.2. The lowest BCUT2D eigenvalue weighted by atomic mass is 9.77. The Morgan fingerprint density at radius 1 is 0.806 bits per heavy atom. The fourth-order valence-electron chi connectivity index (χ4n) is 3.98. The number of amides is 1. The van der Waals surface area contributed by atoms with Crippen LogP contribution in [0.2, 0.25) is 0 Å². The van der Waals surface area contributed by atoms with E-state index in [4.69, 9.17) is 0 Å². The van der Waals surface area contributed by atoms with Crippen molar-refractivity contribution in [3.63, 3.8) is 0 Å². The van der Waals surface area contributed by atoms with Gasteiger partial charge in [0.2, 0.25) is 6.41 Å². The number of carboxylic acids is 1. The summed E-state index contributed by atoms with van der Waals surface area (Å²) in [6, 6.07) is 30.2. The molecule has 0 aromatic heterocycles. The van der Waals surface area contributed by atoms with Gasteiger partial charge in [-0.1, -0.05) is 91.0 Å². The smallest absolute Gasteiger partial charge is 0.326 e. The highest BCUT2D eigenvalue weighted by Crippen LogP contribution is 2.36. The van der Waals surface area contributed by atoms with E-state index in [1.165, 1.54) is 0 Å². The highest BCUT2D eigenvalue weighted by atomic mass is 16.4. The van der Waals surface area contributed by atoms with Gasteiger partial charge in [-0.15, -0.1) is 0 Å². The van der Waals surface area contributed by atoms with E-state index in [1.54, 1.807) is 0 Å². The average molecular weight is 417 g/mol. The number of rotatable bonds is 12. The molecule has 3 rings (SSSR count). The summed E-state index contributed by atoms with van der Waals surface area (Å²) in [7, 11) is 0. The lowest BCUT2D eigenvalue weighted by Crippen LogP contribution is -2.45. The molecule has 5 nitrogen and oxygen atoms in total. The average Bonchev–Trinajstić information content (AvgIpc) is 2.82. The van der Waals surface area contributed by atoms with Crippen molar-refractivity contribution in [2.75, 3.05) is 6.54 Å². The van der Waals surface area contributed by atoms with Crippen LogP contribution in [-0.2, 0) is 15.1 Å². The molecule has 31 heavy (non-hydrogen) atoms. The molecule has 0 saturated carbocycles. The Labute approximate surface area is 183 Å². The first kappa shape index (κ1) is 22.2. The summed E-state index contributed by atoms with van der Waals surface area (Å²) in [5, 5.41) is 15.3. The fourth-order valence-corrected chi connectivity index (χ4v) is 3.98. The van der Waals surface area contributed by atoms with Crippen molar-refractivity contribution in [2.24, 2.45) is 0 Å². The second-order valence-corrected chi connectivity index (χ2v) is 7.45. The van der Waals surface area contributed by atoms with E-state index in [2.05, 4.69) is 47.0 Å². The SMILES string of the molecule is O=CN[C@@H](CCCCNC(c1ccccc1)(c1ccccc1)c1ccccc1)C(=O)O. The van der Waals surface area contributed by atoms with Crippen molar-refractivity contribution in [1.82, 2.24) is 10.6 Å². The molecule has 0 aliphatic rings. The Morgan fingerprint density at radius 2 is 1.26 bits per heavy atom. The number of carboxylic acid groups (broad SMARTS) is 1. The molecule has 0 spiro atoms. The number of unbranched alkanes of at least 4 members (excludes halogenated alkanes) is 1. The Hall–Kier alpha value is -3.44. The third-order valence-corrected chi connectivity index (χ3v) is 5.50. The molecular weight excluding hydrogens is 388 g/mol. The van der Waals surface area contributed by atoms with Gasteiger partial charge in [-0.05, 0) is 42.5 Å². The molecule has 1 amide bonds. The Balaban J connectivity index is 1.86. The Kier molecular flexibility index (Phi) is 7.96. The molecule has 0 aliphatic heterocycles. The highest BCUT2D eigenvalue weighted by Gasteiger charge is 2.35. The van der Waals surface area contributed by atoms with Gasteiger partial charge >= 0.3 is 5.97 Å². The van der Waals surface area contributed by atoms with E-state index in [9.17, 15) is 14.7 Å². The molecule has 3 N–H and O–H groups in total. The predicted molar refractivity (Wildman–Crippen MR) is 122 cm³/mol. The molecule has 0 radical (unpaired) electrons. The number of aliphatic carboxylic acids is 1. The number of hydrogen-bond donors (Lipinski definition) is 3. The van der Waals surface area contributed by atoms with Gasteiger partial charge in [0, 0.05) is 0 Å². The first-order chi connectivity index (χ1) is 15.2. The second-order valence-electron chi connectivity index (χ2n) is 7.45. The zero-order chi connectivity index (χ0) is 21.9. The molecular formula is C26H28N2O3. The van der Waals surface area contributed by atoms with Crippen LogP contribution < -0.4 is 10.6 Å². The van der Waals surface area contributed by atoms with Crippen LogP contribution in [0.25, 0.3) is 0 Å². The summed E-state index contributed by atoms with van der Waals surface area (Å²) in [5.41, 5.74) is 2.88. The van der Waals surface area contributed by atoms with Gasteiger partial charge in [0.25, 0.3) is 0 Å². The molecule has 0 aliphatic carbocycles. The number of benzene rings is 3. The molecule has 0 heterocycles. The molecule has 3 aromatic carbocycles. The van der Waals surface area contributed by atoms with E-state index in [-0.39, 0.29) is 0 Å². The minimum absolute atomic E-state index is 0.394. The topological polar surface area (TPSA) is 78.4 Å². The lowest BCUT2D eigenvalue weighted by molar-refractivity contribution is -0.140. The number of carbonyl (C=O) groups is 2. The third-order valence-electron chi connectivity index (χ3n) is 5.50. The van der Waals surface area contributed by atoms with Gasteiger partial charge in [0.15, 0.2) is 0 Å². The Morgan fingerprint density at radius 3 is 1.65 bits per heavy atom. The van der Waals surface area contributed by atoms with E-state index in [0.29, 0.717) is 25.8 Å². The van der Waals surface area contributed by atoms with Crippen molar-refractivity contribution in [3.05, 3.63) is 108 Å². The van der Waals surface area contributed by atoms with Crippen molar-refractivity contribution >= 4 is 12.4 Å². The normalized spacial score (nSPS) is 12.1. The second kappa shape index (κ2) is 11.1. The summed E-state index contributed by atoms with van der Waals surface area (Å²) < 4.78 is 0. The molecule has 0 saturated heterocycles. The highest BCUT2D eigenvalue weighted by molar-refractivity contribution is 5.76. The summed E-state index contributed by atoms with van der Waals surface area (Å²) in [5.74, 6) is -1.01. The van der Waals surface area contributed by atoms with E-state index < -0.39 is 17.6 Å². The molecule has 160 valence electrons. The molecule has 0 bridgehead atoms. The third kappa shape index (κ3) is 5.38. The van der Waals surface area contributed by atoms with Crippen molar-refractivity contribution in [1.29, 1.82) is 0 Å². The van der Waals surface area contributed by atoms with Gasteiger partial charge < -0.3 is 10.4 Å². The van der Waals surface area contributed by atoms with E-state index >= 15 is 0 Å². The number of hydrogen-bond acceptors (Lipinski definition) is 3. The van der Waals surface area contributed by atoms with Crippen LogP contribution in [-0.4, -0.2) is 30.1 Å². The number of nitrogens with one attached hydrogen (secondary N) is 2. The number of carbonyl (C=O) groups excluding carboxylic acids is 1. The van der Waals surface area contributed by atoms with Gasteiger partial charge in [0.05, 0.1) is 5.54 Å². The van der Waals surface area contributed by atoms with Gasteiger partial charge in [-0.3, -0.25) is 10.1 Å². The maximum atomic E-state index is 11.2. The lowest BCUT2D eigenvalue weighted by Gasteiger charge is -2.37. The largest absolute Gasteiger partial charge is 0.480 e. The van der Waals surface area contributed by atoms with Crippen LogP contribution in [0, 0.1) is 0 Å². The molecule has 3 aromatic rings. The molecule has 1 atom stereocenters. The van der Waals surface area contributed by atoms with Crippen molar-refractivity contribution in [3.8, 4) is 0 Å². The fraction of sp³-hybridized carbons (Fsp3) is 0.231. The summed E-state index contributed by atoms with van der Waals surface area (Å²) >= 11 is 0. The van der Waals surface area contributed by atoms with Gasteiger partial charge in [-0.2, -0.15) is 0 Å². The van der Waals surface area contributed by atoms with Gasteiger partial charge in [0.1, 0.15) is 6.04 Å². The van der Waals surface area contributed by atoms with Crippen LogP contribution >= 0.6 is 0 Å². The van der Waals surface area contributed by atoms with Crippen LogP contribution in [0.1, 0.15) is 36.0 Å². The van der Waals surface area contributed by atoms with Crippen LogP contribution in [0.15, 0.2) is 91.0 Å². The summed E-state index contributed by atoms with van der Waals surface area (Å²) in [6.07, 6.45) is 2.30. The summed E-state index contributed by atoms with van der Waals surface area (Å²) in [4.78, 5) is 21.9. The van der Waals surface area contributed by atoms with Crippen LogP contribution in [0.5, 0.6) is 0 Å². The van der Waals surface area contributed by atoms with Gasteiger partial charge in [-0.25, -0.2) is 4.79 Å². The van der Waals surface area contributed by atoms with Crippen molar-refractivity contribution in [2.45, 2.75) is 30.8 Å². The first-order valence-corrected chi connectivity index (χ1v) is 10.5. The first-order valence-electron chi connectivity index (χ1n) is 10.5. The molecule has 0 unspecified atom stereocenters. The summed E-state index contributed by atoms with van der Waals surface area (Å²) in [6.45, 7) is 0.687. The minimum atomic E-state index is -1.01. The standard InChI is InChI=1S/C26H28N2O3/c29-20-27-24(25(30)31)18-10-11-19-28-26(21-12-4-1-5-13-21,22-14-6-2-7-15-22)23-16-8-3-9-17-23/h1-9,12-17,20,24,28H,10-11,18-19H2,(H,27,29)(H,30,31)/t24-/m0/s1. The zero-order valence-electron chi connectivity index (χ0n) is 17.4.